The SMILES string of the molecule is Cc1cc(C)n(-c2ccc(C(=O)NCc3ccc(Br)cc3Cl)cn2)n1. The van der Waals surface area contributed by atoms with Crippen LogP contribution in [0.1, 0.15) is 27.3 Å². The summed E-state index contributed by atoms with van der Waals surface area (Å²) in [6.45, 7) is 4.24. The molecule has 25 heavy (non-hydrogen) atoms. The lowest BCUT2D eigenvalue weighted by molar-refractivity contribution is 0.0950. The molecule has 1 N–H and O–H groups in total. The van der Waals surface area contributed by atoms with Crippen LogP contribution in [0.5, 0.6) is 0 Å². The zero-order valence-electron chi connectivity index (χ0n) is 13.8. The molecule has 0 unspecified atom stereocenters. The summed E-state index contributed by atoms with van der Waals surface area (Å²) < 4.78 is 2.65. The number of benzene rings is 1. The van der Waals surface area contributed by atoms with Crippen LogP contribution >= 0.6 is 27.5 Å². The third-order valence-electron chi connectivity index (χ3n) is 3.69. The van der Waals surface area contributed by atoms with Crippen molar-refractivity contribution in [2.24, 2.45) is 0 Å². The number of halogens is 2. The predicted octanol–water partition coefficient (Wildman–Crippen LogP) is 4.23. The van der Waals surface area contributed by atoms with Crippen LogP contribution < -0.4 is 5.32 Å². The first-order valence-electron chi connectivity index (χ1n) is 7.66. The molecule has 0 aliphatic rings. The lowest BCUT2D eigenvalue weighted by Gasteiger charge is -2.08. The van der Waals surface area contributed by atoms with Crippen LogP contribution in [0.3, 0.4) is 0 Å². The Bertz CT molecular complexity index is 921. The summed E-state index contributed by atoms with van der Waals surface area (Å²) in [4.78, 5) is 16.6. The number of nitrogens with zero attached hydrogens (tertiary/aromatic N) is 3. The molecule has 3 rings (SSSR count). The van der Waals surface area contributed by atoms with Gasteiger partial charge in [-0.1, -0.05) is 33.6 Å². The average Bonchev–Trinajstić information content (AvgIpc) is 2.92. The van der Waals surface area contributed by atoms with Crippen molar-refractivity contribution >= 4 is 33.4 Å². The molecule has 0 saturated carbocycles. The number of aryl methyl sites for hydroxylation is 2. The molecule has 3 aromatic rings. The van der Waals surface area contributed by atoms with Gasteiger partial charge in [0, 0.05) is 27.9 Å². The van der Waals surface area contributed by atoms with Crippen molar-refractivity contribution in [2.75, 3.05) is 0 Å². The van der Waals surface area contributed by atoms with Crippen LogP contribution in [0.15, 0.2) is 47.1 Å². The molecule has 128 valence electrons. The molecule has 0 spiro atoms. The molecule has 5 nitrogen and oxygen atoms in total. The van der Waals surface area contributed by atoms with Crippen molar-refractivity contribution in [3.63, 3.8) is 0 Å². The molecule has 0 saturated heterocycles. The normalized spacial score (nSPS) is 10.7. The molecule has 1 aromatic carbocycles. The minimum absolute atomic E-state index is 0.202. The molecule has 0 atom stereocenters. The van der Waals surface area contributed by atoms with Crippen molar-refractivity contribution in [3.05, 3.63) is 74.6 Å². The molecule has 0 bridgehead atoms. The standard InChI is InChI=1S/C18H16BrClN4O/c1-11-7-12(2)24(23-11)17-6-4-14(10-21-17)18(25)22-9-13-3-5-15(19)8-16(13)20/h3-8,10H,9H2,1-2H3,(H,22,25). The van der Waals surface area contributed by atoms with Gasteiger partial charge < -0.3 is 5.32 Å². The van der Waals surface area contributed by atoms with Gasteiger partial charge in [0.15, 0.2) is 5.82 Å². The molecule has 0 fully saturated rings. The summed E-state index contributed by atoms with van der Waals surface area (Å²) in [6, 6.07) is 11.0. The van der Waals surface area contributed by atoms with E-state index in [0.29, 0.717) is 22.9 Å². The second-order valence-electron chi connectivity index (χ2n) is 5.66. The van der Waals surface area contributed by atoms with Crippen LogP contribution in [-0.2, 0) is 6.54 Å². The molecule has 0 aliphatic carbocycles. The van der Waals surface area contributed by atoms with Gasteiger partial charge in [-0.05, 0) is 49.7 Å². The zero-order chi connectivity index (χ0) is 18.0. The van der Waals surface area contributed by atoms with Crippen molar-refractivity contribution in [3.8, 4) is 5.82 Å². The van der Waals surface area contributed by atoms with Crippen LogP contribution in [0, 0.1) is 13.8 Å². The third-order valence-corrected chi connectivity index (χ3v) is 4.54. The minimum Gasteiger partial charge on any atom is -0.348 e. The Morgan fingerprint density at radius 1 is 1.24 bits per heavy atom. The van der Waals surface area contributed by atoms with Gasteiger partial charge >= 0.3 is 0 Å². The number of hydrogen-bond acceptors (Lipinski definition) is 3. The molecule has 0 aliphatic heterocycles. The number of nitrogens with one attached hydrogen (secondary N) is 1. The van der Waals surface area contributed by atoms with Crippen molar-refractivity contribution < 1.29 is 4.79 Å². The summed E-state index contributed by atoms with van der Waals surface area (Å²) in [7, 11) is 0. The Labute approximate surface area is 159 Å². The van der Waals surface area contributed by atoms with Gasteiger partial charge in [-0.3, -0.25) is 4.79 Å². The van der Waals surface area contributed by atoms with E-state index in [1.807, 2.05) is 32.0 Å². The van der Waals surface area contributed by atoms with Gasteiger partial charge in [-0.25, -0.2) is 9.67 Å². The summed E-state index contributed by atoms with van der Waals surface area (Å²) in [5, 5.41) is 7.84. The van der Waals surface area contributed by atoms with E-state index in [0.717, 1.165) is 21.4 Å². The minimum atomic E-state index is -0.202. The third kappa shape index (κ3) is 4.08. The van der Waals surface area contributed by atoms with Crippen LogP contribution in [0.25, 0.3) is 5.82 Å². The lowest BCUT2D eigenvalue weighted by atomic mass is 10.2. The fraction of sp³-hybridized carbons (Fsp3) is 0.167. The van der Waals surface area contributed by atoms with Gasteiger partial charge in [0.05, 0.1) is 11.3 Å². The monoisotopic (exact) mass is 418 g/mol. The maximum absolute atomic E-state index is 12.3. The lowest BCUT2D eigenvalue weighted by Crippen LogP contribution is -2.23. The van der Waals surface area contributed by atoms with Gasteiger partial charge in [-0.15, -0.1) is 0 Å². The fourth-order valence-corrected chi connectivity index (χ4v) is 3.19. The first kappa shape index (κ1) is 17.6. The number of amides is 1. The average molecular weight is 420 g/mol. The van der Waals surface area contributed by atoms with Gasteiger partial charge in [0.2, 0.25) is 0 Å². The van der Waals surface area contributed by atoms with Gasteiger partial charge in [0.1, 0.15) is 0 Å². The van der Waals surface area contributed by atoms with E-state index >= 15 is 0 Å². The van der Waals surface area contributed by atoms with E-state index in [1.165, 1.54) is 0 Å². The van der Waals surface area contributed by atoms with Gasteiger partial charge in [0.25, 0.3) is 5.91 Å². The van der Waals surface area contributed by atoms with Crippen molar-refractivity contribution in [2.45, 2.75) is 20.4 Å². The topological polar surface area (TPSA) is 59.8 Å². The van der Waals surface area contributed by atoms with Crippen molar-refractivity contribution in [1.29, 1.82) is 0 Å². The second kappa shape index (κ2) is 7.37. The van der Waals surface area contributed by atoms with Crippen LogP contribution in [-0.4, -0.2) is 20.7 Å². The smallest absolute Gasteiger partial charge is 0.253 e. The number of hydrogen-bond donors (Lipinski definition) is 1. The Morgan fingerprint density at radius 3 is 2.64 bits per heavy atom. The molecule has 1 amide bonds. The molecule has 2 aromatic heterocycles. The second-order valence-corrected chi connectivity index (χ2v) is 6.99. The van der Waals surface area contributed by atoms with Crippen LogP contribution in [0.2, 0.25) is 5.02 Å². The first-order chi connectivity index (χ1) is 11.9. The van der Waals surface area contributed by atoms with E-state index in [2.05, 4.69) is 31.3 Å². The Morgan fingerprint density at radius 2 is 2.04 bits per heavy atom. The summed E-state index contributed by atoms with van der Waals surface area (Å²) in [6.07, 6.45) is 1.55. The number of aromatic nitrogens is 3. The highest BCUT2D eigenvalue weighted by atomic mass is 79.9. The molecular formula is C18H16BrClN4O. The molecule has 0 radical (unpaired) electrons. The summed E-state index contributed by atoms with van der Waals surface area (Å²) >= 11 is 9.52. The maximum atomic E-state index is 12.3. The molecule has 2 heterocycles. The van der Waals surface area contributed by atoms with E-state index in [4.69, 9.17) is 11.6 Å². The van der Waals surface area contributed by atoms with Crippen LogP contribution in [0.4, 0.5) is 0 Å². The number of carbonyl (C=O) groups is 1. The molecular weight excluding hydrogens is 404 g/mol. The summed E-state index contributed by atoms with van der Waals surface area (Å²) in [5.74, 6) is 0.476. The molecule has 7 heteroatoms. The first-order valence-corrected chi connectivity index (χ1v) is 8.83. The Balaban J connectivity index is 1.69. The number of rotatable bonds is 4. The predicted molar refractivity (Wildman–Crippen MR) is 101 cm³/mol. The highest BCUT2D eigenvalue weighted by Gasteiger charge is 2.10. The highest BCUT2D eigenvalue weighted by molar-refractivity contribution is 9.10. The number of pyridine rings is 1. The van der Waals surface area contributed by atoms with E-state index < -0.39 is 0 Å². The van der Waals surface area contributed by atoms with Gasteiger partial charge in [-0.2, -0.15) is 5.10 Å². The van der Waals surface area contributed by atoms with E-state index in [-0.39, 0.29) is 5.91 Å². The number of carbonyl (C=O) groups excluding carboxylic acids is 1. The Hall–Kier alpha value is -2.18. The highest BCUT2D eigenvalue weighted by Crippen LogP contribution is 2.21. The Kier molecular flexibility index (Phi) is 5.20. The van der Waals surface area contributed by atoms with Crippen molar-refractivity contribution in [1.82, 2.24) is 20.1 Å². The zero-order valence-corrected chi connectivity index (χ0v) is 16.1. The van der Waals surface area contributed by atoms with E-state index in [9.17, 15) is 4.79 Å². The summed E-state index contributed by atoms with van der Waals surface area (Å²) in [5.41, 5.74) is 3.25. The van der Waals surface area contributed by atoms with E-state index in [1.54, 1.807) is 29.1 Å². The fourth-order valence-electron chi connectivity index (χ4n) is 2.45. The largest absolute Gasteiger partial charge is 0.348 e. The quantitative estimate of drug-likeness (QED) is 0.688. The maximum Gasteiger partial charge on any atom is 0.253 e.